The molecule has 80 valence electrons. The van der Waals surface area contributed by atoms with E-state index < -0.39 is 11.2 Å². The van der Waals surface area contributed by atoms with Crippen LogP contribution in [0.5, 0.6) is 11.5 Å². The van der Waals surface area contributed by atoms with Crippen molar-refractivity contribution in [1.29, 1.82) is 0 Å². The Morgan fingerprint density at radius 1 is 1.53 bits per heavy atom. The van der Waals surface area contributed by atoms with E-state index in [-0.39, 0.29) is 12.3 Å². The van der Waals surface area contributed by atoms with Gasteiger partial charge >= 0.3 is 0 Å². The second-order valence-corrected chi connectivity index (χ2v) is 2.98. The van der Waals surface area contributed by atoms with E-state index in [0.29, 0.717) is 11.5 Å². The lowest BCUT2D eigenvalue weighted by atomic mass is 10.2. The zero-order chi connectivity index (χ0) is 10.8. The second kappa shape index (κ2) is 3.74. The largest absolute Gasteiger partial charge is 0.483 e. The minimum Gasteiger partial charge on any atom is -0.483 e. The molecule has 6 heteroatoms. The SMILES string of the molecule is COC1COc2ccc([N+](=O)[O-])cc2O1. The molecule has 0 spiro atoms. The summed E-state index contributed by atoms with van der Waals surface area (Å²) >= 11 is 0. The first-order valence-electron chi connectivity index (χ1n) is 4.31. The minimum absolute atomic E-state index is 0.0332. The lowest BCUT2D eigenvalue weighted by molar-refractivity contribution is -0.385. The molecule has 15 heavy (non-hydrogen) atoms. The molecule has 0 aliphatic carbocycles. The number of nitro groups is 1. The maximum atomic E-state index is 10.5. The summed E-state index contributed by atoms with van der Waals surface area (Å²) < 4.78 is 15.5. The number of rotatable bonds is 2. The summed E-state index contributed by atoms with van der Waals surface area (Å²) in [5, 5.41) is 10.5. The van der Waals surface area contributed by atoms with Gasteiger partial charge in [-0.25, -0.2) is 0 Å². The van der Waals surface area contributed by atoms with E-state index in [0.717, 1.165) is 0 Å². The predicted molar refractivity (Wildman–Crippen MR) is 50.0 cm³/mol. The third-order valence-electron chi connectivity index (χ3n) is 2.03. The number of nitrogens with zero attached hydrogens (tertiary/aromatic N) is 1. The first-order chi connectivity index (χ1) is 7.20. The van der Waals surface area contributed by atoms with Crippen LogP contribution in [0.3, 0.4) is 0 Å². The summed E-state index contributed by atoms with van der Waals surface area (Å²) in [6, 6.07) is 4.20. The van der Waals surface area contributed by atoms with Crippen molar-refractivity contribution in [2.24, 2.45) is 0 Å². The van der Waals surface area contributed by atoms with Gasteiger partial charge in [0.25, 0.3) is 5.69 Å². The maximum Gasteiger partial charge on any atom is 0.273 e. The first kappa shape index (κ1) is 9.72. The Morgan fingerprint density at radius 2 is 2.33 bits per heavy atom. The average Bonchev–Trinajstić information content (AvgIpc) is 2.27. The molecule has 1 aliphatic heterocycles. The molecular weight excluding hydrogens is 202 g/mol. The van der Waals surface area contributed by atoms with Crippen molar-refractivity contribution >= 4 is 5.69 Å². The molecule has 0 amide bonds. The van der Waals surface area contributed by atoms with Crippen LogP contribution in [0, 0.1) is 10.1 Å². The summed E-state index contributed by atoms with van der Waals surface area (Å²) in [7, 11) is 1.48. The van der Waals surface area contributed by atoms with Gasteiger partial charge in [0.05, 0.1) is 11.0 Å². The van der Waals surface area contributed by atoms with Crippen LogP contribution in [0.4, 0.5) is 5.69 Å². The topological polar surface area (TPSA) is 70.8 Å². The third kappa shape index (κ3) is 1.84. The Kier molecular flexibility index (Phi) is 2.42. The van der Waals surface area contributed by atoms with Crippen LogP contribution >= 0.6 is 0 Å². The van der Waals surface area contributed by atoms with Gasteiger partial charge < -0.3 is 14.2 Å². The third-order valence-corrected chi connectivity index (χ3v) is 2.03. The molecule has 0 saturated carbocycles. The molecule has 1 heterocycles. The lowest BCUT2D eigenvalue weighted by Gasteiger charge is -2.24. The van der Waals surface area contributed by atoms with Crippen LogP contribution in [0.25, 0.3) is 0 Å². The Labute approximate surface area is 85.5 Å². The molecule has 0 aromatic heterocycles. The fourth-order valence-electron chi connectivity index (χ4n) is 1.27. The summed E-state index contributed by atoms with van der Waals surface area (Å²) in [6.07, 6.45) is -0.514. The van der Waals surface area contributed by atoms with Crippen molar-refractivity contribution in [3.8, 4) is 11.5 Å². The highest BCUT2D eigenvalue weighted by Crippen LogP contribution is 2.34. The number of hydrogen-bond donors (Lipinski definition) is 0. The number of fused-ring (bicyclic) bond motifs is 1. The Balaban J connectivity index is 2.30. The summed E-state index contributed by atoms with van der Waals surface area (Å²) in [6.45, 7) is 0.279. The molecule has 1 atom stereocenters. The number of hydrogen-bond acceptors (Lipinski definition) is 5. The summed E-state index contributed by atoms with van der Waals surface area (Å²) in [4.78, 5) is 10.0. The zero-order valence-corrected chi connectivity index (χ0v) is 8.00. The van der Waals surface area contributed by atoms with Gasteiger partial charge in [-0.1, -0.05) is 0 Å². The van der Waals surface area contributed by atoms with Gasteiger partial charge in [0.2, 0.25) is 6.29 Å². The molecule has 0 saturated heterocycles. The standard InChI is InChI=1S/C9H9NO5/c1-13-9-5-14-7-3-2-6(10(11)12)4-8(7)15-9/h2-4,9H,5H2,1H3. The van der Waals surface area contributed by atoms with E-state index in [1.54, 1.807) is 0 Å². The molecule has 1 aromatic carbocycles. The normalized spacial score (nSPS) is 18.6. The molecule has 0 N–H and O–H groups in total. The number of nitro benzene ring substituents is 1. The fraction of sp³-hybridized carbons (Fsp3) is 0.333. The van der Waals surface area contributed by atoms with Gasteiger partial charge in [-0.3, -0.25) is 10.1 Å². The molecule has 0 bridgehead atoms. The Morgan fingerprint density at radius 3 is 3.00 bits per heavy atom. The molecular formula is C9H9NO5. The van der Waals surface area contributed by atoms with Gasteiger partial charge in [-0.15, -0.1) is 0 Å². The predicted octanol–water partition coefficient (Wildman–Crippen LogP) is 1.34. The molecule has 1 unspecified atom stereocenters. The van der Waals surface area contributed by atoms with E-state index >= 15 is 0 Å². The molecule has 6 nitrogen and oxygen atoms in total. The van der Waals surface area contributed by atoms with E-state index in [4.69, 9.17) is 14.2 Å². The summed E-state index contributed by atoms with van der Waals surface area (Å²) in [5.74, 6) is 0.830. The maximum absolute atomic E-state index is 10.5. The van der Waals surface area contributed by atoms with Crippen molar-refractivity contribution in [1.82, 2.24) is 0 Å². The second-order valence-electron chi connectivity index (χ2n) is 2.98. The lowest BCUT2D eigenvalue weighted by Crippen LogP contribution is -2.30. The fourth-order valence-corrected chi connectivity index (χ4v) is 1.27. The molecule has 2 rings (SSSR count). The van der Waals surface area contributed by atoms with Gasteiger partial charge in [-0.05, 0) is 6.07 Å². The molecule has 1 aromatic rings. The van der Waals surface area contributed by atoms with Crippen LogP contribution in [0.2, 0.25) is 0 Å². The zero-order valence-electron chi connectivity index (χ0n) is 8.00. The van der Waals surface area contributed by atoms with Gasteiger partial charge in [-0.2, -0.15) is 0 Å². The quantitative estimate of drug-likeness (QED) is 0.545. The molecule has 0 fully saturated rings. The number of ether oxygens (including phenoxy) is 3. The minimum atomic E-state index is -0.514. The van der Waals surface area contributed by atoms with Crippen LogP contribution in [0.1, 0.15) is 0 Å². The van der Waals surface area contributed by atoms with Crippen molar-refractivity contribution < 1.29 is 19.1 Å². The number of methoxy groups -OCH3 is 1. The van der Waals surface area contributed by atoms with Crippen molar-refractivity contribution in [2.45, 2.75) is 6.29 Å². The highest BCUT2D eigenvalue weighted by atomic mass is 16.7. The smallest absolute Gasteiger partial charge is 0.273 e. The highest BCUT2D eigenvalue weighted by molar-refractivity contribution is 5.49. The summed E-state index contributed by atoms with van der Waals surface area (Å²) in [5.41, 5.74) is -0.0332. The Bertz CT molecular complexity index is 392. The molecule has 1 aliphatic rings. The number of benzene rings is 1. The molecule has 0 radical (unpaired) electrons. The van der Waals surface area contributed by atoms with Gasteiger partial charge in [0.15, 0.2) is 18.1 Å². The van der Waals surface area contributed by atoms with Gasteiger partial charge in [0.1, 0.15) is 0 Å². The van der Waals surface area contributed by atoms with Crippen molar-refractivity contribution in [3.05, 3.63) is 28.3 Å². The van der Waals surface area contributed by atoms with E-state index in [9.17, 15) is 10.1 Å². The average molecular weight is 211 g/mol. The van der Waals surface area contributed by atoms with Crippen LogP contribution in [-0.2, 0) is 4.74 Å². The van der Waals surface area contributed by atoms with E-state index in [1.165, 1.54) is 25.3 Å². The van der Waals surface area contributed by atoms with Gasteiger partial charge in [0, 0.05) is 13.2 Å². The number of non-ortho nitro benzene ring substituents is 1. The highest BCUT2D eigenvalue weighted by Gasteiger charge is 2.22. The van der Waals surface area contributed by atoms with Crippen LogP contribution in [-0.4, -0.2) is 24.9 Å². The van der Waals surface area contributed by atoms with E-state index in [2.05, 4.69) is 0 Å². The Hall–Kier alpha value is -1.82. The van der Waals surface area contributed by atoms with Crippen LogP contribution in [0.15, 0.2) is 18.2 Å². The van der Waals surface area contributed by atoms with Crippen molar-refractivity contribution in [2.75, 3.05) is 13.7 Å². The van der Waals surface area contributed by atoms with Crippen molar-refractivity contribution in [3.63, 3.8) is 0 Å². The van der Waals surface area contributed by atoms with Crippen LogP contribution < -0.4 is 9.47 Å². The first-order valence-corrected chi connectivity index (χ1v) is 4.31. The monoisotopic (exact) mass is 211 g/mol. The van der Waals surface area contributed by atoms with E-state index in [1.807, 2.05) is 0 Å².